The molecule has 3 rings (SSSR count). The highest BCUT2D eigenvalue weighted by Gasteiger charge is 2.29. The Balaban J connectivity index is 1.57. The fourth-order valence-electron chi connectivity index (χ4n) is 3.29. The number of nitrogens with zero attached hydrogens (tertiary/aromatic N) is 3. The van der Waals surface area contributed by atoms with Gasteiger partial charge in [-0.15, -0.1) is 0 Å². The van der Waals surface area contributed by atoms with Gasteiger partial charge in [-0.2, -0.15) is 0 Å². The number of piperazine rings is 1. The highest BCUT2D eigenvalue weighted by atomic mass is 16.2. The van der Waals surface area contributed by atoms with Crippen LogP contribution >= 0.6 is 0 Å². The molecule has 0 aromatic heterocycles. The lowest BCUT2D eigenvalue weighted by Crippen LogP contribution is -2.55. The predicted molar refractivity (Wildman–Crippen MR) is 103 cm³/mol. The van der Waals surface area contributed by atoms with E-state index in [1.165, 1.54) is 0 Å². The molecule has 1 heterocycles. The van der Waals surface area contributed by atoms with Gasteiger partial charge >= 0.3 is 0 Å². The van der Waals surface area contributed by atoms with Gasteiger partial charge in [-0.3, -0.25) is 14.5 Å². The molecule has 0 aliphatic carbocycles. The molecule has 1 atom stereocenters. The molecule has 0 saturated carbocycles. The molecule has 1 aliphatic heterocycles. The molecule has 0 N–H and O–H groups in total. The van der Waals surface area contributed by atoms with Gasteiger partial charge in [-0.25, -0.2) is 0 Å². The molecule has 2 aromatic rings. The largest absolute Gasteiger partial charge is 0.336 e. The molecule has 2 amide bonds. The standard InChI is InChI=1S/C21H25N3O2/c1-17(20(25)22(2)19-11-7-4-8-12-19)23-13-15-24(16-14-23)21(26)18-9-5-3-6-10-18/h3-12,17H,13-16H2,1-2H3/t17-/m1/s1. The van der Waals surface area contributed by atoms with Gasteiger partial charge in [-0.1, -0.05) is 36.4 Å². The van der Waals surface area contributed by atoms with Crippen molar-refractivity contribution in [2.45, 2.75) is 13.0 Å². The minimum absolute atomic E-state index is 0.0608. The second-order valence-corrected chi connectivity index (χ2v) is 6.60. The van der Waals surface area contributed by atoms with E-state index in [0.29, 0.717) is 31.7 Å². The SMILES string of the molecule is C[C@H](C(=O)N(C)c1ccccc1)N1CCN(C(=O)c2ccccc2)CC1. The summed E-state index contributed by atoms with van der Waals surface area (Å²) in [7, 11) is 1.81. The van der Waals surface area contributed by atoms with Crippen LogP contribution < -0.4 is 4.90 Å². The summed E-state index contributed by atoms with van der Waals surface area (Å²) in [4.78, 5) is 31.0. The molecule has 5 nitrogen and oxygen atoms in total. The van der Waals surface area contributed by atoms with Gasteiger partial charge in [0.15, 0.2) is 0 Å². The van der Waals surface area contributed by atoms with Gasteiger partial charge in [0.1, 0.15) is 0 Å². The summed E-state index contributed by atoms with van der Waals surface area (Å²) < 4.78 is 0. The molecule has 5 heteroatoms. The van der Waals surface area contributed by atoms with E-state index < -0.39 is 0 Å². The van der Waals surface area contributed by atoms with Crippen molar-refractivity contribution in [3.63, 3.8) is 0 Å². The van der Waals surface area contributed by atoms with Crippen LogP contribution in [0.3, 0.4) is 0 Å². The van der Waals surface area contributed by atoms with Crippen molar-refractivity contribution >= 4 is 17.5 Å². The van der Waals surface area contributed by atoms with Crippen LogP contribution in [0.5, 0.6) is 0 Å². The van der Waals surface area contributed by atoms with E-state index in [2.05, 4.69) is 4.90 Å². The van der Waals surface area contributed by atoms with Crippen LogP contribution in [0.2, 0.25) is 0 Å². The molecule has 0 radical (unpaired) electrons. The minimum Gasteiger partial charge on any atom is -0.336 e. The molecular weight excluding hydrogens is 326 g/mol. The normalized spacial score (nSPS) is 16.2. The molecule has 136 valence electrons. The third-order valence-electron chi connectivity index (χ3n) is 5.00. The van der Waals surface area contributed by atoms with Gasteiger partial charge < -0.3 is 9.80 Å². The summed E-state index contributed by atoms with van der Waals surface area (Å²) in [6.07, 6.45) is 0. The number of likely N-dealkylation sites (N-methyl/N-ethyl adjacent to an activating group) is 1. The van der Waals surface area contributed by atoms with Crippen molar-refractivity contribution in [1.82, 2.24) is 9.80 Å². The maximum absolute atomic E-state index is 12.8. The van der Waals surface area contributed by atoms with E-state index in [4.69, 9.17) is 0 Å². The predicted octanol–water partition coefficient (Wildman–Crippen LogP) is 2.50. The number of hydrogen-bond acceptors (Lipinski definition) is 3. The fourth-order valence-corrected chi connectivity index (χ4v) is 3.29. The quantitative estimate of drug-likeness (QED) is 0.850. The first-order chi connectivity index (χ1) is 12.6. The summed E-state index contributed by atoms with van der Waals surface area (Å²) >= 11 is 0. The second kappa shape index (κ2) is 8.15. The third kappa shape index (κ3) is 3.94. The van der Waals surface area contributed by atoms with Gasteiger partial charge in [0.2, 0.25) is 5.91 Å². The zero-order chi connectivity index (χ0) is 18.5. The molecule has 1 fully saturated rings. The second-order valence-electron chi connectivity index (χ2n) is 6.60. The zero-order valence-corrected chi connectivity index (χ0v) is 15.3. The number of carbonyl (C=O) groups is 2. The third-order valence-corrected chi connectivity index (χ3v) is 5.00. The van der Waals surface area contributed by atoms with Crippen molar-refractivity contribution in [2.24, 2.45) is 0 Å². The molecular formula is C21H25N3O2. The van der Waals surface area contributed by atoms with Crippen molar-refractivity contribution in [3.05, 3.63) is 66.2 Å². The highest BCUT2D eigenvalue weighted by molar-refractivity contribution is 5.96. The Kier molecular flexibility index (Phi) is 5.68. The van der Waals surface area contributed by atoms with Crippen molar-refractivity contribution in [2.75, 3.05) is 38.1 Å². The van der Waals surface area contributed by atoms with Crippen LogP contribution in [0.1, 0.15) is 17.3 Å². The maximum Gasteiger partial charge on any atom is 0.253 e. The Morgan fingerprint density at radius 2 is 1.42 bits per heavy atom. The molecule has 0 spiro atoms. The summed E-state index contributed by atoms with van der Waals surface area (Å²) in [6.45, 7) is 4.62. The molecule has 0 bridgehead atoms. The fraction of sp³-hybridized carbons (Fsp3) is 0.333. The lowest BCUT2D eigenvalue weighted by Gasteiger charge is -2.38. The Morgan fingerprint density at radius 1 is 0.885 bits per heavy atom. The number of hydrogen-bond donors (Lipinski definition) is 0. The minimum atomic E-state index is -0.214. The molecule has 0 unspecified atom stereocenters. The Bertz CT molecular complexity index is 740. The van der Waals surface area contributed by atoms with E-state index in [0.717, 1.165) is 5.69 Å². The average molecular weight is 351 g/mol. The molecule has 1 aliphatic rings. The van der Waals surface area contributed by atoms with Crippen LogP contribution in [0.15, 0.2) is 60.7 Å². The van der Waals surface area contributed by atoms with Crippen LogP contribution in [0.25, 0.3) is 0 Å². The summed E-state index contributed by atoms with van der Waals surface area (Å²) in [5.41, 5.74) is 1.61. The van der Waals surface area contributed by atoms with Crippen molar-refractivity contribution in [1.29, 1.82) is 0 Å². The first-order valence-electron chi connectivity index (χ1n) is 8.99. The highest BCUT2D eigenvalue weighted by Crippen LogP contribution is 2.16. The van der Waals surface area contributed by atoms with Crippen LogP contribution in [0.4, 0.5) is 5.69 Å². The molecule has 1 saturated heterocycles. The topological polar surface area (TPSA) is 43.9 Å². The van der Waals surface area contributed by atoms with Gasteiger partial charge in [0.25, 0.3) is 5.91 Å². The van der Waals surface area contributed by atoms with E-state index in [1.54, 1.807) is 4.90 Å². The zero-order valence-electron chi connectivity index (χ0n) is 15.3. The van der Waals surface area contributed by atoms with E-state index in [-0.39, 0.29) is 17.9 Å². The number of anilines is 1. The Morgan fingerprint density at radius 3 is 2.00 bits per heavy atom. The summed E-state index contributed by atoms with van der Waals surface area (Å²) in [5.74, 6) is 0.129. The van der Waals surface area contributed by atoms with Crippen molar-refractivity contribution in [3.8, 4) is 0 Å². The van der Waals surface area contributed by atoms with Gasteiger partial charge in [-0.05, 0) is 31.2 Å². The lowest BCUT2D eigenvalue weighted by molar-refractivity contribution is -0.123. The summed E-state index contributed by atoms with van der Waals surface area (Å²) in [6, 6.07) is 18.8. The number of benzene rings is 2. The first kappa shape index (κ1) is 18.1. The van der Waals surface area contributed by atoms with Crippen molar-refractivity contribution < 1.29 is 9.59 Å². The number of amides is 2. The first-order valence-corrected chi connectivity index (χ1v) is 8.99. The number of para-hydroxylation sites is 1. The Hall–Kier alpha value is -2.66. The lowest BCUT2D eigenvalue weighted by atomic mass is 10.1. The van der Waals surface area contributed by atoms with Gasteiger partial charge in [0.05, 0.1) is 6.04 Å². The maximum atomic E-state index is 12.8. The van der Waals surface area contributed by atoms with Gasteiger partial charge in [0, 0.05) is 44.5 Å². The average Bonchev–Trinajstić information content (AvgIpc) is 2.73. The molecule has 26 heavy (non-hydrogen) atoms. The van der Waals surface area contributed by atoms with E-state index in [9.17, 15) is 9.59 Å². The van der Waals surface area contributed by atoms with Crippen LogP contribution in [-0.4, -0.2) is 60.9 Å². The molecule has 2 aromatic carbocycles. The number of carbonyl (C=O) groups excluding carboxylic acids is 2. The number of rotatable bonds is 4. The van der Waals surface area contributed by atoms with Crippen LogP contribution in [0, 0.1) is 0 Å². The van der Waals surface area contributed by atoms with E-state index >= 15 is 0 Å². The summed E-state index contributed by atoms with van der Waals surface area (Å²) in [5, 5.41) is 0. The van der Waals surface area contributed by atoms with E-state index in [1.807, 2.05) is 79.5 Å². The smallest absolute Gasteiger partial charge is 0.253 e. The Labute approximate surface area is 154 Å². The van der Waals surface area contributed by atoms with Crippen LogP contribution in [-0.2, 0) is 4.79 Å². The monoisotopic (exact) mass is 351 g/mol.